The Balaban J connectivity index is 3.63. The number of alkyl halides is 1. The van der Waals surface area contributed by atoms with Crippen molar-refractivity contribution in [3.8, 4) is 0 Å². The third-order valence-electron chi connectivity index (χ3n) is 2.30. The molecule has 74 valence electrons. The molecule has 12 heavy (non-hydrogen) atoms. The molecule has 0 rings (SSSR count). The van der Waals surface area contributed by atoms with Crippen LogP contribution in [0.3, 0.4) is 0 Å². The van der Waals surface area contributed by atoms with Gasteiger partial charge in [-0.15, -0.1) is 0 Å². The maximum atomic E-state index is 5.04. The van der Waals surface area contributed by atoms with Crippen LogP contribution in [0.25, 0.3) is 0 Å². The van der Waals surface area contributed by atoms with Gasteiger partial charge in [0.1, 0.15) is 0 Å². The summed E-state index contributed by atoms with van der Waals surface area (Å²) >= 11 is 3.58. The molecular formula is C10H21BrO. The number of ether oxygens (including phenoxy) is 1. The predicted molar refractivity (Wildman–Crippen MR) is 57.9 cm³/mol. The van der Waals surface area contributed by atoms with Gasteiger partial charge in [-0.2, -0.15) is 0 Å². The molecule has 1 unspecified atom stereocenters. The van der Waals surface area contributed by atoms with Crippen LogP contribution in [0.15, 0.2) is 0 Å². The van der Waals surface area contributed by atoms with E-state index in [0.29, 0.717) is 5.41 Å². The zero-order chi connectivity index (χ0) is 9.45. The minimum atomic E-state index is 0.479. The molecule has 0 aromatic rings. The molecule has 0 aromatic heterocycles. The Kier molecular flexibility index (Phi) is 7.16. The van der Waals surface area contributed by atoms with Crippen molar-refractivity contribution in [1.82, 2.24) is 0 Å². The van der Waals surface area contributed by atoms with E-state index in [0.717, 1.165) is 11.9 Å². The second-order valence-electron chi connectivity index (χ2n) is 3.79. The van der Waals surface area contributed by atoms with Gasteiger partial charge in [0, 0.05) is 19.0 Å². The van der Waals surface area contributed by atoms with Crippen molar-refractivity contribution < 1.29 is 4.74 Å². The lowest BCUT2D eigenvalue weighted by atomic mass is 9.83. The zero-order valence-corrected chi connectivity index (χ0v) is 10.1. The average molecular weight is 237 g/mol. The maximum absolute atomic E-state index is 5.04. The second-order valence-corrected chi connectivity index (χ2v) is 4.35. The minimum Gasteiger partial charge on any atom is -0.385 e. The van der Waals surface area contributed by atoms with Crippen LogP contribution in [0.2, 0.25) is 0 Å². The van der Waals surface area contributed by atoms with Gasteiger partial charge in [-0.3, -0.25) is 0 Å². The Labute approximate surface area is 85.0 Å². The standard InChI is InChI=1S/C10H21BrO/c1-4-6-10(2,9-11)7-5-8-12-3/h4-9H2,1-3H3. The van der Waals surface area contributed by atoms with Gasteiger partial charge >= 0.3 is 0 Å². The number of halogens is 1. The first-order valence-electron chi connectivity index (χ1n) is 4.73. The van der Waals surface area contributed by atoms with Gasteiger partial charge in [0.2, 0.25) is 0 Å². The van der Waals surface area contributed by atoms with Crippen LogP contribution >= 0.6 is 15.9 Å². The zero-order valence-electron chi connectivity index (χ0n) is 8.53. The van der Waals surface area contributed by atoms with Gasteiger partial charge in [-0.05, 0) is 24.7 Å². The molecule has 0 radical (unpaired) electrons. The second kappa shape index (κ2) is 6.90. The Morgan fingerprint density at radius 1 is 1.33 bits per heavy atom. The van der Waals surface area contributed by atoms with E-state index in [1.807, 2.05) is 0 Å². The Morgan fingerprint density at radius 3 is 2.42 bits per heavy atom. The molecule has 0 saturated heterocycles. The van der Waals surface area contributed by atoms with Crippen molar-refractivity contribution >= 4 is 15.9 Å². The van der Waals surface area contributed by atoms with Crippen molar-refractivity contribution in [3.63, 3.8) is 0 Å². The quantitative estimate of drug-likeness (QED) is 0.485. The topological polar surface area (TPSA) is 9.23 Å². The number of hydrogen-bond donors (Lipinski definition) is 0. The monoisotopic (exact) mass is 236 g/mol. The molecule has 0 spiro atoms. The van der Waals surface area contributed by atoms with Crippen molar-refractivity contribution in [1.29, 1.82) is 0 Å². The molecule has 0 saturated carbocycles. The minimum absolute atomic E-state index is 0.479. The van der Waals surface area contributed by atoms with E-state index in [4.69, 9.17) is 4.74 Å². The summed E-state index contributed by atoms with van der Waals surface area (Å²) in [7, 11) is 1.77. The first-order valence-corrected chi connectivity index (χ1v) is 5.85. The number of hydrogen-bond acceptors (Lipinski definition) is 1. The van der Waals surface area contributed by atoms with Crippen molar-refractivity contribution in [2.24, 2.45) is 5.41 Å². The van der Waals surface area contributed by atoms with Crippen LogP contribution in [0.5, 0.6) is 0 Å². The summed E-state index contributed by atoms with van der Waals surface area (Å²) in [4.78, 5) is 0. The summed E-state index contributed by atoms with van der Waals surface area (Å²) in [5.41, 5.74) is 0.479. The molecule has 0 aliphatic rings. The molecule has 1 nitrogen and oxygen atoms in total. The molecule has 0 aromatic carbocycles. The van der Waals surface area contributed by atoms with Crippen LogP contribution in [0, 0.1) is 5.41 Å². The molecular weight excluding hydrogens is 216 g/mol. The highest BCUT2D eigenvalue weighted by Gasteiger charge is 2.20. The van der Waals surface area contributed by atoms with Crippen molar-refractivity contribution in [2.45, 2.75) is 39.5 Å². The molecule has 0 amide bonds. The maximum Gasteiger partial charge on any atom is 0.0462 e. The highest BCUT2D eigenvalue weighted by Crippen LogP contribution is 2.30. The van der Waals surface area contributed by atoms with E-state index < -0.39 is 0 Å². The number of methoxy groups -OCH3 is 1. The third kappa shape index (κ3) is 5.15. The average Bonchev–Trinajstić information content (AvgIpc) is 2.06. The molecule has 0 aliphatic carbocycles. The lowest BCUT2D eigenvalue weighted by Crippen LogP contribution is -2.18. The van der Waals surface area contributed by atoms with Crippen LogP contribution in [0.1, 0.15) is 39.5 Å². The van der Waals surface area contributed by atoms with Gasteiger partial charge in [0.05, 0.1) is 0 Å². The van der Waals surface area contributed by atoms with Crippen molar-refractivity contribution in [2.75, 3.05) is 19.0 Å². The smallest absolute Gasteiger partial charge is 0.0462 e. The molecule has 2 heteroatoms. The van der Waals surface area contributed by atoms with E-state index >= 15 is 0 Å². The summed E-state index contributed by atoms with van der Waals surface area (Å²) in [5.74, 6) is 0. The fourth-order valence-corrected chi connectivity index (χ4v) is 2.07. The number of rotatable bonds is 7. The molecule has 1 atom stereocenters. The van der Waals surface area contributed by atoms with Crippen LogP contribution in [-0.2, 0) is 4.74 Å². The molecule has 0 aliphatic heterocycles. The summed E-state index contributed by atoms with van der Waals surface area (Å²) in [5, 5.41) is 1.11. The normalized spacial score (nSPS) is 16.0. The van der Waals surface area contributed by atoms with E-state index in [-0.39, 0.29) is 0 Å². The van der Waals surface area contributed by atoms with Crippen LogP contribution < -0.4 is 0 Å². The molecule has 0 fully saturated rings. The fourth-order valence-electron chi connectivity index (χ4n) is 1.51. The third-order valence-corrected chi connectivity index (χ3v) is 3.66. The van der Waals surface area contributed by atoms with E-state index in [1.54, 1.807) is 7.11 Å². The highest BCUT2D eigenvalue weighted by atomic mass is 79.9. The summed E-state index contributed by atoms with van der Waals surface area (Å²) in [6.45, 7) is 5.49. The summed E-state index contributed by atoms with van der Waals surface area (Å²) < 4.78 is 5.04. The Morgan fingerprint density at radius 2 is 2.00 bits per heavy atom. The van der Waals surface area contributed by atoms with E-state index in [1.165, 1.54) is 25.7 Å². The highest BCUT2D eigenvalue weighted by molar-refractivity contribution is 9.09. The van der Waals surface area contributed by atoms with Gasteiger partial charge in [0.25, 0.3) is 0 Å². The largest absolute Gasteiger partial charge is 0.385 e. The Bertz CT molecular complexity index is 106. The van der Waals surface area contributed by atoms with Gasteiger partial charge in [-0.25, -0.2) is 0 Å². The molecule has 0 heterocycles. The van der Waals surface area contributed by atoms with Crippen LogP contribution in [0.4, 0.5) is 0 Å². The molecule has 0 N–H and O–H groups in total. The van der Waals surface area contributed by atoms with Gasteiger partial charge in [-0.1, -0.05) is 36.2 Å². The van der Waals surface area contributed by atoms with Crippen molar-refractivity contribution in [3.05, 3.63) is 0 Å². The van der Waals surface area contributed by atoms with Gasteiger partial charge < -0.3 is 4.74 Å². The van der Waals surface area contributed by atoms with Crippen LogP contribution in [-0.4, -0.2) is 19.0 Å². The summed E-state index contributed by atoms with van der Waals surface area (Å²) in [6, 6.07) is 0. The Hall–Kier alpha value is 0.440. The lowest BCUT2D eigenvalue weighted by molar-refractivity contribution is 0.173. The summed E-state index contributed by atoms with van der Waals surface area (Å²) in [6.07, 6.45) is 5.02. The predicted octanol–water partition coefficient (Wildman–Crippen LogP) is 3.61. The lowest BCUT2D eigenvalue weighted by Gasteiger charge is -2.26. The van der Waals surface area contributed by atoms with E-state index in [9.17, 15) is 0 Å². The van der Waals surface area contributed by atoms with Gasteiger partial charge in [0.15, 0.2) is 0 Å². The first-order chi connectivity index (χ1) is 5.68. The first kappa shape index (κ1) is 12.4. The fraction of sp³-hybridized carbons (Fsp3) is 1.00. The SMILES string of the molecule is CCCC(C)(CBr)CCCOC. The molecule has 0 bridgehead atoms. The van der Waals surface area contributed by atoms with E-state index in [2.05, 4.69) is 29.8 Å².